The van der Waals surface area contributed by atoms with Crippen molar-refractivity contribution in [2.75, 3.05) is 6.61 Å². The molecule has 0 saturated carbocycles. The second-order valence-corrected chi connectivity index (χ2v) is 8.17. The molecule has 2 aromatic rings. The van der Waals surface area contributed by atoms with Crippen LogP contribution in [0.1, 0.15) is 32.0 Å². The summed E-state index contributed by atoms with van der Waals surface area (Å²) >= 11 is -1.38. The molecule has 1 aliphatic heterocycles. The Morgan fingerprint density at radius 2 is 2.04 bits per heavy atom. The Balaban J connectivity index is 2.03. The monoisotopic (exact) mass is 335 g/mol. The van der Waals surface area contributed by atoms with Gasteiger partial charge in [-0.25, -0.2) is 9.07 Å². The Labute approximate surface area is 137 Å². The fraction of sp³-hybridized carbons (Fsp3) is 0.375. The van der Waals surface area contributed by atoms with Crippen LogP contribution in [-0.2, 0) is 22.7 Å². The van der Waals surface area contributed by atoms with E-state index in [4.69, 9.17) is 4.74 Å². The lowest BCUT2D eigenvalue weighted by Crippen LogP contribution is -2.29. The lowest BCUT2D eigenvalue weighted by molar-refractivity contribution is 0.147. The van der Waals surface area contributed by atoms with E-state index in [1.165, 1.54) is 10.7 Å². The Morgan fingerprint density at radius 3 is 2.74 bits per heavy atom. The summed E-state index contributed by atoms with van der Waals surface area (Å²) in [6.07, 6.45) is 1.63. The van der Waals surface area contributed by atoms with Gasteiger partial charge in [0.15, 0.2) is 0 Å². The van der Waals surface area contributed by atoms with E-state index in [1.54, 1.807) is 24.4 Å². The molecule has 1 unspecified atom stereocenters. The smallest absolute Gasteiger partial charge is 0.148 e. The topological polar surface area (TPSA) is 62.5 Å². The third-order valence-electron chi connectivity index (χ3n) is 3.45. The van der Waals surface area contributed by atoms with Crippen LogP contribution >= 0.6 is 0 Å². The van der Waals surface area contributed by atoms with Crippen molar-refractivity contribution in [2.24, 2.45) is 4.40 Å². The van der Waals surface area contributed by atoms with E-state index in [9.17, 15) is 8.94 Å². The van der Waals surface area contributed by atoms with Crippen LogP contribution in [0, 0.1) is 5.82 Å². The molecular formula is C16H18FN3O2S. The second-order valence-electron chi connectivity index (χ2n) is 6.26. The highest BCUT2D eigenvalue weighted by atomic mass is 32.2. The fourth-order valence-corrected chi connectivity index (χ4v) is 2.84. The van der Waals surface area contributed by atoms with E-state index in [0.717, 1.165) is 5.56 Å². The molecule has 0 aliphatic carbocycles. The van der Waals surface area contributed by atoms with Crippen molar-refractivity contribution in [2.45, 2.75) is 32.1 Å². The van der Waals surface area contributed by atoms with Crippen molar-refractivity contribution in [1.82, 2.24) is 9.78 Å². The van der Waals surface area contributed by atoms with Gasteiger partial charge in [-0.2, -0.15) is 5.10 Å². The zero-order chi connectivity index (χ0) is 16.6. The van der Waals surface area contributed by atoms with Gasteiger partial charge in [0, 0.05) is 5.56 Å². The van der Waals surface area contributed by atoms with Crippen molar-refractivity contribution in [3.63, 3.8) is 0 Å². The minimum atomic E-state index is -1.38. The normalized spacial score (nSPS) is 18.0. The highest BCUT2D eigenvalue weighted by Gasteiger charge is 2.30. The molecule has 0 fully saturated rings. The van der Waals surface area contributed by atoms with Crippen molar-refractivity contribution in [3.05, 3.63) is 47.5 Å². The molecule has 3 rings (SSSR count). The zero-order valence-corrected chi connectivity index (χ0v) is 14.1. The number of aromatic nitrogens is 2. The Bertz CT molecular complexity index is 752. The van der Waals surface area contributed by atoms with Crippen LogP contribution in [-0.4, -0.2) is 31.4 Å². The van der Waals surface area contributed by atoms with E-state index in [-0.39, 0.29) is 12.4 Å². The largest absolute Gasteiger partial charge is 0.591 e. The Kier molecular flexibility index (Phi) is 4.27. The molecule has 122 valence electrons. The van der Waals surface area contributed by atoms with Crippen LogP contribution in [0.15, 0.2) is 34.9 Å². The highest BCUT2D eigenvalue weighted by molar-refractivity contribution is 7.91. The molecule has 0 spiro atoms. The van der Waals surface area contributed by atoms with Gasteiger partial charge < -0.3 is 9.29 Å². The van der Waals surface area contributed by atoms with Gasteiger partial charge in [0.25, 0.3) is 0 Å². The van der Waals surface area contributed by atoms with Gasteiger partial charge in [0.05, 0.1) is 25.1 Å². The molecular weight excluding hydrogens is 317 g/mol. The molecule has 7 heteroatoms. The molecule has 1 atom stereocenters. The van der Waals surface area contributed by atoms with Gasteiger partial charge in [-0.15, -0.1) is 0 Å². The summed E-state index contributed by atoms with van der Waals surface area (Å²) in [6, 6.07) is 6.42. The van der Waals surface area contributed by atoms with Crippen molar-refractivity contribution in [3.8, 4) is 5.69 Å². The van der Waals surface area contributed by atoms with Crippen LogP contribution in [0.3, 0.4) is 0 Å². The summed E-state index contributed by atoms with van der Waals surface area (Å²) in [5.41, 5.74) is 2.42. The van der Waals surface area contributed by atoms with E-state index >= 15 is 0 Å². The highest BCUT2D eigenvalue weighted by Crippen LogP contribution is 2.24. The quantitative estimate of drug-likeness (QED) is 0.793. The molecule has 2 heterocycles. The molecule has 0 amide bonds. The van der Waals surface area contributed by atoms with Crippen molar-refractivity contribution in [1.29, 1.82) is 0 Å². The third-order valence-corrected chi connectivity index (χ3v) is 4.89. The average Bonchev–Trinajstić information content (AvgIpc) is 2.91. The third kappa shape index (κ3) is 3.17. The summed E-state index contributed by atoms with van der Waals surface area (Å²) < 4.78 is 37.2. The van der Waals surface area contributed by atoms with E-state index in [1.807, 2.05) is 20.8 Å². The predicted molar refractivity (Wildman–Crippen MR) is 87.6 cm³/mol. The predicted octanol–water partition coefficient (Wildman–Crippen LogP) is 2.79. The summed E-state index contributed by atoms with van der Waals surface area (Å²) in [4.78, 5) is 0. The first kappa shape index (κ1) is 16.2. The first-order chi connectivity index (χ1) is 10.9. The molecule has 1 aromatic carbocycles. The molecule has 1 aromatic heterocycles. The van der Waals surface area contributed by atoms with Crippen molar-refractivity contribution < 1.29 is 13.7 Å². The van der Waals surface area contributed by atoms with E-state index in [2.05, 4.69) is 9.50 Å². The molecule has 23 heavy (non-hydrogen) atoms. The maximum atomic E-state index is 14.0. The number of fused-ring (bicyclic) bond motifs is 1. The van der Waals surface area contributed by atoms with Crippen LogP contribution in [0.25, 0.3) is 5.69 Å². The summed E-state index contributed by atoms with van der Waals surface area (Å²) in [6.45, 7) is 6.17. The van der Waals surface area contributed by atoms with Gasteiger partial charge in [0.2, 0.25) is 0 Å². The maximum Gasteiger partial charge on any atom is 0.148 e. The molecule has 0 saturated heterocycles. The first-order valence-electron chi connectivity index (χ1n) is 7.27. The second kappa shape index (κ2) is 6.07. The van der Waals surface area contributed by atoms with Crippen LogP contribution in [0.2, 0.25) is 0 Å². The van der Waals surface area contributed by atoms with Gasteiger partial charge in [0.1, 0.15) is 33.3 Å². The Hall–Kier alpha value is -1.70. The molecule has 1 aliphatic rings. The SMILES string of the molecule is CC(C)(C)[S+]([O-])N=C1COCc2c1cnn2-c1ccccc1F. The molecule has 0 radical (unpaired) electrons. The minimum absolute atomic E-state index is 0.276. The summed E-state index contributed by atoms with van der Waals surface area (Å²) in [5.74, 6) is -0.360. The number of benzene rings is 1. The standard InChI is InChI=1S/C16H18FN3O2S/c1-16(2,3)23(21)19-13-9-22-10-15-11(13)8-18-20(15)14-7-5-4-6-12(14)17/h4-8H,9-10H2,1-3H3. The number of para-hydroxylation sites is 1. The number of nitrogens with zero attached hydrogens (tertiary/aromatic N) is 3. The van der Waals surface area contributed by atoms with Gasteiger partial charge in [-0.05, 0) is 32.9 Å². The fourth-order valence-electron chi connectivity index (χ4n) is 2.22. The molecule has 0 N–H and O–H groups in total. The van der Waals surface area contributed by atoms with Crippen LogP contribution in [0.4, 0.5) is 4.39 Å². The van der Waals surface area contributed by atoms with Gasteiger partial charge in [-0.1, -0.05) is 16.5 Å². The van der Waals surface area contributed by atoms with E-state index in [0.29, 0.717) is 23.7 Å². The minimum Gasteiger partial charge on any atom is -0.591 e. The molecule has 0 bridgehead atoms. The maximum absolute atomic E-state index is 14.0. The number of hydrogen-bond acceptors (Lipinski definition) is 4. The van der Waals surface area contributed by atoms with Gasteiger partial charge >= 0.3 is 0 Å². The van der Waals surface area contributed by atoms with Crippen molar-refractivity contribution >= 4 is 17.1 Å². The number of hydrogen-bond donors (Lipinski definition) is 0. The van der Waals surface area contributed by atoms with Crippen LogP contribution in [0.5, 0.6) is 0 Å². The zero-order valence-electron chi connectivity index (χ0n) is 13.2. The average molecular weight is 335 g/mol. The Morgan fingerprint density at radius 1 is 1.30 bits per heavy atom. The summed E-state index contributed by atoms with van der Waals surface area (Å²) in [7, 11) is 0. The summed E-state index contributed by atoms with van der Waals surface area (Å²) in [5, 5.41) is 4.27. The molecule has 5 nitrogen and oxygen atoms in total. The first-order valence-corrected chi connectivity index (χ1v) is 8.38. The lowest BCUT2D eigenvalue weighted by atomic mass is 10.1. The van der Waals surface area contributed by atoms with Gasteiger partial charge in [-0.3, -0.25) is 0 Å². The number of ether oxygens (including phenoxy) is 1. The van der Waals surface area contributed by atoms with Crippen LogP contribution < -0.4 is 0 Å². The lowest BCUT2D eigenvalue weighted by Gasteiger charge is -2.21. The van der Waals surface area contributed by atoms with E-state index < -0.39 is 16.1 Å². The number of rotatable bonds is 2. The number of halogens is 1.